The van der Waals surface area contributed by atoms with Crippen LogP contribution in [0.4, 0.5) is 0 Å². The average molecular weight is 345 g/mol. The van der Waals surface area contributed by atoms with E-state index in [0.717, 1.165) is 19.5 Å². The zero-order valence-corrected chi connectivity index (χ0v) is 14.1. The van der Waals surface area contributed by atoms with E-state index in [1.807, 2.05) is 0 Å². The van der Waals surface area contributed by atoms with Crippen molar-refractivity contribution in [2.24, 2.45) is 0 Å². The van der Waals surface area contributed by atoms with Gasteiger partial charge in [0.2, 0.25) is 0 Å². The van der Waals surface area contributed by atoms with Crippen molar-refractivity contribution < 1.29 is 27.4 Å². The monoisotopic (exact) mass is 345 g/mol. The molecule has 0 fully saturated rings. The molecule has 0 saturated carbocycles. The number of hydrogen-bond acceptors (Lipinski definition) is 4. The maximum atomic E-state index is 10.5. The van der Waals surface area contributed by atoms with Crippen molar-refractivity contribution >= 4 is 16.4 Å². The third-order valence-electron chi connectivity index (χ3n) is 2.75. The fourth-order valence-corrected chi connectivity index (χ4v) is 1.94. The standard InChI is InChI=1S/C15H21NO2.H2O4S/c1-11-7-12(2)9-14(8-11)10-16-6-4-5-13(3)15(17)18;1-5(2,3)4/h7-9,16H,3-6,10H2,1-2H3,(H,17,18);(H2,1,2,3,4). The normalized spacial score (nSPS) is 10.6. The average Bonchev–Trinajstić information content (AvgIpc) is 2.34. The number of aliphatic carboxylic acids is 1. The van der Waals surface area contributed by atoms with Gasteiger partial charge in [0.1, 0.15) is 0 Å². The zero-order chi connectivity index (χ0) is 18.0. The van der Waals surface area contributed by atoms with Crippen molar-refractivity contribution in [2.75, 3.05) is 6.54 Å². The van der Waals surface area contributed by atoms with Crippen LogP contribution in [0.15, 0.2) is 30.4 Å². The SMILES string of the molecule is C=C(CCCNCc1cc(C)cc(C)c1)C(=O)O.O=S(=O)(O)O. The van der Waals surface area contributed by atoms with Gasteiger partial charge in [0.05, 0.1) is 0 Å². The maximum Gasteiger partial charge on any atom is 0.394 e. The van der Waals surface area contributed by atoms with E-state index in [1.165, 1.54) is 16.7 Å². The highest BCUT2D eigenvalue weighted by Crippen LogP contribution is 2.08. The lowest BCUT2D eigenvalue weighted by molar-refractivity contribution is -0.132. The van der Waals surface area contributed by atoms with E-state index in [2.05, 4.69) is 43.9 Å². The predicted molar refractivity (Wildman–Crippen MR) is 87.8 cm³/mol. The van der Waals surface area contributed by atoms with Gasteiger partial charge < -0.3 is 10.4 Å². The summed E-state index contributed by atoms with van der Waals surface area (Å²) in [5, 5.41) is 12.0. The molecular formula is C15H23NO6S. The number of aryl methyl sites for hydroxylation is 2. The van der Waals surface area contributed by atoms with Crippen LogP contribution in [0, 0.1) is 13.8 Å². The van der Waals surface area contributed by atoms with Gasteiger partial charge in [-0.2, -0.15) is 8.42 Å². The number of nitrogens with one attached hydrogen (secondary N) is 1. The minimum Gasteiger partial charge on any atom is -0.478 e. The molecular weight excluding hydrogens is 322 g/mol. The second-order valence-corrected chi connectivity index (χ2v) is 6.03. The second kappa shape index (κ2) is 10.1. The minimum atomic E-state index is -4.67. The molecule has 0 aromatic heterocycles. The number of hydrogen-bond donors (Lipinski definition) is 4. The van der Waals surface area contributed by atoms with Crippen LogP contribution in [-0.2, 0) is 21.7 Å². The van der Waals surface area contributed by atoms with Gasteiger partial charge in [0.15, 0.2) is 0 Å². The third kappa shape index (κ3) is 13.6. The molecule has 0 aliphatic carbocycles. The first-order valence-corrected chi connectivity index (χ1v) is 8.27. The van der Waals surface area contributed by atoms with Crippen LogP contribution in [0.3, 0.4) is 0 Å². The molecule has 1 rings (SSSR count). The maximum absolute atomic E-state index is 10.5. The molecule has 0 aliphatic heterocycles. The summed E-state index contributed by atoms with van der Waals surface area (Å²) >= 11 is 0. The fraction of sp³-hybridized carbons (Fsp3) is 0.400. The summed E-state index contributed by atoms with van der Waals surface area (Å²) in [7, 11) is -4.67. The zero-order valence-electron chi connectivity index (χ0n) is 13.2. The summed E-state index contributed by atoms with van der Waals surface area (Å²) in [5.41, 5.74) is 4.09. The van der Waals surface area contributed by atoms with Crippen LogP contribution in [0.25, 0.3) is 0 Å². The minimum absolute atomic E-state index is 0.281. The highest BCUT2D eigenvalue weighted by atomic mass is 32.3. The highest BCUT2D eigenvalue weighted by molar-refractivity contribution is 7.79. The van der Waals surface area contributed by atoms with Crippen LogP contribution >= 0.6 is 0 Å². The van der Waals surface area contributed by atoms with Crippen molar-refractivity contribution in [3.63, 3.8) is 0 Å². The number of carboxylic acid groups (broad SMARTS) is 1. The molecule has 0 bridgehead atoms. The van der Waals surface area contributed by atoms with E-state index in [4.69, 9.17) is 22.6 Å². The lowest BCUT2D eigenvalue weighted by Gasteiger charge is -2.07. The van der Waals surface area contributed by atoms with Gasteiger partial charge in [-0.15, -0.1) is 0 Å². The van der Waals surface area contributed by atoms with Gasteiger partial charge in [0.25, 0.3) is 0 Å². The van der Waals surface area contributed by atoms with E-state index < -0.39 is 16.4 Å². The molecule has 1 aromatic carbocycles. The Hall–Kier alpha value is -1.74. The molecule has 0 radical (unpaired) electrons. The predicted octanol–water partition coefficient (Wildman–Crippen LogP) is 2.16. The molecule has 0 heterocycles. The Morgan fingerprint density at radius 2 is 1.65 bits per heavy atom. The quantitative estimate of drug-likeness (QED) is 0.339. The first kappa shape index (κ1) is 21.3. The molecule has 1 aromatic rings. The Bertz CT molecular complexity index is 611. The van der Waals surface area contributed by atoms with Gasteiger partial charge in [-0.3, -0.25) is 9.11 Å². The Morgan fingerprint density at radius 1 is 1.17 bits per heavy atom. The molecule has 0 spiro atoms. The van der Waals surface area contributed by atoms with Gasteiger partial charge in [0, 0.05) is 12.1 Å². The van der Waals surface area contributed by atoms with Crippen molar-refractivity contribution in [1.82, 2.24) is 5.32 Å². The van der Waals surface area contributed by atoms with E-state index in [1.54, 1.807) is 0 Å². The summed E-state index contributed by atoms with van der Waals surface area (Å²) in [6.45, 7) is 9.31. The highest BCUT2D eigenvalue weighted by Gasteiger charge is 2.02. The fourth-order valence-electron chi connectivity index (χ4n) is 1.94. The molecule has 0 aliphatic rings. The van der Waals surface area contributed by atoms with Crippen LogP contribution in [0.2, 0.25) is 0 Å². The molecule has 130 valence electrons. The number of benzene rings is 1. The lowest BCUT2D eigenvalue weighted by Crippen LogP contribution is -2.15. The van der Waals surface area contributed by atoms with Crippen molar-refractivity contribution in [3.05, 3.63) is 47.0 Å². The molecule has 0 amide bonds. The molecule has 7 nitrogen and oxygen atoms in total. The van der Waals surface area contributed by atoms with Crippen molar-refractivity contribution in [1.29, 1.82) is 0 Å². The van der Waals surface area contributed by atoms with Crippen LogP contribution < -0.4 is 5.32 Å². The first-order valence-electron chi connectivity index (χ1n) is 6.88. The van der Waals surface area contributed by atoms with E-state index in [9.17, 15) is 4.79 Å². The Labute approximate surface area is 136 Å². The van der Waals surface area contributed by atoms with Gasteiger partial charge in [-0.25, -0.2) is 4.79 Å². The van der Waals surface area contributed by atoms with E-state index in [-0.39, 0.29) is 5.57 Å². The van der Waals surface area contributed by atoms with Gasteiger partial charge in [-0.05, 0) is 38.8 Å². The first-order chi connectivity index (χ1) is 10.5. The molecule has 0 unspecified atom stereocenters. The molecule has 0 atom stereocenters. The molecule has 4 N–H and O–H groups in total. The van der Waals surface area contributed by atoms with E-state index >= 15 is 0 Å². The van der Waals surface area contributed by atoms with Gasteiger partial charge >= 0.3 is 16.4 Å². The van der Waals surface area contributed by atoms with E-state index in [0.29, 0.717) is 6.42 Å². The molecule has 0 saturated heterocycles. The molecule has 8 heteroatoms. The summed E-state index contributed by atoms with van der Waals surface area (Å²) in [4.78, 5) is 10.5. The van der Waals surface area contributed by atoms with Gasteiger partial charge in [-0.1, -0.05) is 35.9 Å². The topological polar surface area (TPSA) is 124 Å². The summed E-state index contributed by atoms with van der Waals surface area (Å²) in [5.74, 6) is -0.899. The Morgan fingerprint density at radius 3 is 2.09 bits per heavy atom. The smallest absolute Gasteiger partial charge is 0.394 e. The number of carboxylic acids is 1. The molecule has 23 heavy (non-hydrogen) atoms. The Balaban J connectivity index is 0.000000841. The van der Waals surface area contributed by atoms with Crippen molar-refractivity contribution in [2.45, 2.75) is 33.2 Å². The Kier molecular flexibility index (Phi) is 9.35. The van der Waals surface area contributed by atoms with Crippen molar-refractivity contribution in [3.8, 4) is 0 Å². The largest absolute Gasteiger partial charge is 0.478 e. The number of rotatable bonds is 7. The van der Waals surface area contributed by atoms with Crippen LogP contribution in [0.1, 0.15) is 29.5 Å². The summed E-state index contributed by atoms with van der Waals surface area (Å²) in [6, 6.07) is 6.48. The third-order valence-corrected chi connectivity index (χ3v) is 2.75. The van der Waals surface area contributed by atoms with Crippen LogP contribution in [0.5, 0.6) is 0 Å². The summed E-state index contributed by atoms with van der Waals surface area (Å²) < 4.78 is 31.6. The number of carbonyl (C=O) groups is 1. The lowest BCUT2D eigenvalue weighted by atomic mass is 10.1. The summed E-state index contributed by atoms with van der Waals surface area (Å²) in [6.07, 6.45) is 1.34. The second-order valence-electron chi connectivity index (χ2n) is 5.13. The van der Waals surface area contributed by atoms with Crippen LogP contribution in [-0.4, -0.2) is 35.1 Å².